The van der Waals surface area contributed by atoms with Crippen LogP contribution in [0.15, 0.2) is 36.9 Å². The van der Waals surface area contributed by atoms with E-state index in [1.54, 1.807) is 0 Å². The van der Waals surface area contributed by atoms with E-state index in [1.807, 2.05) is 12.1 Å². The predicted octanol–water partition coefficient (Wildman–Crippen LogP) is 4.45. The molecule has 0 N–H and O–H groups in total. The molecule has 0 heterocycles. The second-order valence-corrected chi connectivity index (χ2v) is 4.67. The van der Waals surface area contributed by atoms with E-state index in [0.717, 1.165) is 0 Å². The normalized spacial score (nSPS) is 24.3. The number of allylic oxidation sites excluding steroid dienone is 1. The van der Waals surface area contributed by atoms with Crippen LogP contribution >= 0.6 is 0 Å². The lowest BCUT2D eigenvalue weighted by Gasteiger charge is -2.26. The van der Waals surface area contributed by atoms with Crippen LogP contribution in [-0.2, 0) is 0 Å². The Balaban J connectivity index is 1.96. The fourth-order valence-corrected chi connectivity index (χ4v) is 2.59. The Morgan fingerprint density at radius 1 is 1.18 bits per heavy atom. The standard InChI is InChI=1S/C15H19FO/c1-2-12-3-5-13(6-4-12)14-7-9-15(10-8-14)17-11-16/h2,7-10,12-13H,1,3-6,11H2. The third kappa shape index (κ3) is 3.09. The first-order valence-corrected chi connectivity index (χ1v) is 6.24. The van der Waals surface area contributed by atoms with E-state index >= 15 is 0 Å². The summed E-state index contributed by atoms with van der Waals surface area (Å²) in [6.07, 6.45) is 6.99. The van der Waals surface area contributed by atoms with Crippen LogP contribution in [0.3, 0.4) is 0 Å². The van der Waals surface area contributed by atoms with Gasteiger partial charge in [-0.15, -0.1) is 6.58 Å². The van der Waals surface area contributed by atoms with Crippen LogP contribution in [-0.4, -0.2) is 6.86 Å². The van der Waals surface area contributed by atoms with Crippen LogP contribution in [0.25, 0.3) is 0 Å². The second kappa shape index (κ2) is 5.85. The summed E-state index contributed by atoms with van der Waals surface area (Å²) in [5.41, 5.74) is 1.35. The van der Waals surface area contributed by atoms with Gasteiger partial charge in [0.25, 0.3) is 0 Å². The molecule has 0 bridgehead atoms. The quantitative estimate of drug-likeness (QED) is 0.699. The summed E-state index contributed by atoms with van der Waals surface area (Å²) in [6.45, 7) is 3.10. The van der Waals surface area contributed by atoms with Crippen molar-refractivity contribution in [3.63, 3.8) is 0 Å². The molecule has 17 heavy (non-hydrogen) atoms. The van der Waals surface area contributed by atoms with Crippen molar-refractivity contribution < 1.29 is 9.13 Å². The lowest BCUT2D eigenvalue weighted by atomic mass is 9.79. The maximum Gasteiger partial charge on any atom is 0.228 e. The van der Waals surface area contributed by atoms with Crippen LogP contribution in [0.1, 0.15) is 37.2 Å². The van der Waals surface area contributed by atoms with Crippen LogP contribution in [0.4, 0.5) is 4.39 Å². The van der Waals surface area contributed by atoms with Gasteiger partial charge in [-0.1, -0.05) is 18.2 Å². The van der Waals surface area contributed by atoms with Gasteiger partial charge in [0.05, 0.1) is 0 Å². The van der Waals surface area contributed by atoms with Gasteiger partial charge >= 0.3 is 0 Å². The number of ether oxygens (including phenoxy) is 1. The highest BCUT2D eigenvalue weighted by Gasteiger charge is 2.20. The highest BCUT2D eigenvalue weighted by Crippen LogP contribution is 2.36. The van der Waals surface area contributed by atoms with Crippen molar-refractivity contribution in [2.45, 2.75) is 31.6 Å². The van der Waals surface area contributed by atoms with Crippen molar-refractivity contribution in [1.29, 1.82) is 0 Å². The lowest BCUT2D eigenvalue weighted by Crippen LogP contribution is -2.11. The summed E-state index contributed by atoms with van der Waals surface area (Å²) in [5.74, 6) is 1.95. The molecule has 1 aliphatic carbocycles. The molecule has 0 aromatic heterocycles. The molecule has 1 nitrogen and oxygen atoms in total. The summed E-state index contributed by atoms with van der Waals surface area (Å²) >= 11 is 0. The Kier molecular flexibility index (Phi) is 4.18. The second-order valence-electron chi connectivity index (χ2n) is 4.67. The van der Waals surface area contributed by atoms with Crippen LogP contribution in [0, 0.1) is 5.92 Å². The molecule has 0 spiro atoms. The number of halogens is 1. The van der Waals surface area contributed by atoms with Gasteiger partial charge in [-0.25, -0.2) is 4.39 Å². The monoisotopic (exact) mass is 234 g/mol. The molecule has 0 unspecified atom stereocenters. The molecule has 1 fully saturated rings. The lowest BCUT2D eigenvalue weighted by molar-refractivity contribution is 0.191. The minimum Gasteiger partial charge on any atom is -0.463 e. The van der Waals surface area contributed by atoms with Crippen LogP contribution < -0.4 is 4.74 Å². The average molecular weight is 234 g/mol. The minimum absolute atomic E-state index is 0.607. The molecular weight excluding hydrogens is 215 g/mol. The summed E-state index contributed by atoms with van der Waals surface area (Å²) < 4.78 is 16.8. The third-order valence-electron chi connectivity index (χ3n) is 3.68. The van der Waals surface area contributed by atoms with Crippen molar-refractivity contribution in [3.8, 4) is 5.75 Å². The van der Waals surface area contributed by atoms with Crippen LogP contribution in [0.2, 0.25) is 0 Å². The van der Waals surface area contributed by atoms with Gasteiger partial charge in [-0.3, -0.25) is 0 Å². The topological polar surface area (TPSA) is 9.23 Å². The largest absolute Gasteiger partial charge is 0.463 e. The summed E-state index contributed by atoms with van der Waals surface area (Å²) in [7, 11) is 0. The Morgan fingerprint density at radius 2 is 1.82 bits per heavy atom. The van der Waals surface area contributed by atoms with Crippen molar-refractivity contribution in [2.75, 3.05) is 6.86 Å². The van der Waals surface area contributed by atoms with Crippen molar-refractivity contribution in [3.05, 3.63) is 42.5 Å². The van der Waals surface area contributed by atoms with Gasteiger partial charge in [0, 0.05) is 0 Å². The first-order valence-electron chi connectivity index (χ1n) is 6.24. The Hall–Kier alpha value is -1.31. The average Bonchev–Trinajstić information content (AvgIpc) is 2.40. The zero-order chi connectivity index (χ0) is 12.1. The highest BCUT2D eigenvalue weighted by molar-refractivity contribution is 5.29. The van der Waals surface area contributed by atoms with Crippen LogP contribution in [0.5, 0.6) is 5.75 Å². The van der Waals surface area contributed by atoms with E-state index < -0.39 is 6.86 Å². The number of benzene rings is 1. The van der Waals surface area contributed by atoms with Crippen molar-refractivity contribution in [1.82, 2.24) is 0 Å². The SMILES string of the molecule is C=CC1CCC(c2ccc(OCF)cc2)CC1. The molecule has 2 heteroatoms. The van der Waals surface area contributed by atoms with E-state index in [9.17, 15) is 4.39 Å². The number of rotatable bonds is 4. The van der Waals surface area contributed by atoms with Gasteiger partial charge in [-0.2, -0.15) is 0 Å². The first kappa shape index (κ1) is 12.2. The van der Waals surface area contributed by atoms with Gasteiger partial charge in [0.2, 0.25) is 6.86 Å². The molecule has 0 atom stereocenters. The van der Waals surface area contributed by atoms with E-state index in [0.29, 0.717) is 17.6 Å². The fourth-order valence-electron chi connectivity index (χ4n) is 2.59. The number of alkyl halides is 1. The van der Waals surface area contributed by atoms with E-state index in [-0.39, 0.29) is 0 Å². The van der Waals surface area contributed by atoms with Crippen molar-refractivity contribution >= 4 is 0 Å². The molecule has 0 amide bonds. The van der Waals surface area contributed by atoms with E-state index in [1.165, 1.54) is 31.2 Å². The molecule has 1 aromatic rings. The first-order chi connectivity index (χ1) is 8.33. The smallest absolute Gasteiger partial charge is 0.228 e. The van der Waals surface area contributed by atoms with Gasteiger partial charge in [0.15, 0.2) is 0 Å². The van der Waals surface area contributed by atoms with Gasteiger partial charge in [-0.05, 0) is 55.2 Å². The zero-order valence-corrected chi connectivity index (χ0v) is 10.1. The summed E-state index contributed by atoms with van der Waals surface area (Å²) in [6, 6.07) is 7.83. The maximum atomic E-state index is 12.0. The Bertz CT molecular complexity index is 350. The molecule has 0 radical (unpaired) electrons. The molecular formula is C15H19FO. The molecule has 1 saturated carbocycles. The third-order valence-corrected chi connectivity index (χ3v) is 3.68. The molecule has 1 aliphatic rings. The molecule has 0 saturated heterocycles. The van der Waals surface area contributed by atoms with Crippen molar-refractivity contribution in [2.24, 2.45) is 5.92 Å². The molecule has 0 aliphatic heterocycles. The molecule has 92 valence electrons. The molecule has 2 rings (SSSR count). The Morgan fingerprint density at radius 3 is 2.35 bits per heavy atom. The fraction of sp³-hybridized carbons (Fsp3) is 0.467. The van der Waals surface area contributed by atoms with Gasteiger partial charge in [0.1, 0.15) is 5.75 Å². The van der Waals surface area contributed by atoms with Gasteiger partial charge < -0.3 is 4.74 Å². The summed E-state index contributed by atoms with van der Waals surface area (Å²) in [4.78, 5) is 0. The zero-order valence-electron chi connectivity index (χ0n) is 10.1. The minimum atomic E-state index is -0.760. The molecule has 1 aromatic carbocycles. The number of hydrogen-bond acceptors (Lipinski definition) is 1. The maximum absolute atomic E-state index is 12.0. The van der Waals surface area contributed by atoms with E-state index in [2.05, 4.69) is 24.8 Å². The highest BCUT2D eigenvalue weighted by atomic mass is 19.1. The van der Waals surface area contributed by atoms with E-state index in [4.69, 9.17) is 4.74 Å². The summed E-state index contributed by atoms with van der Waals surface area (Å²) in [5, 5.41) is 0. The predicted molar refractivity (Wildman–Crippen MR) is 67.9 cm³/mol. The Labute approximate surface area is 102 Å². The number of hydrogen-bond donors (Lipinski definition) is 0.